The number of ether oxygens (including phenoxy) is 3. The summed E-state index contributed by atoms with van der Waals surface area (Å²) in [7, 11) is 0. The second kappa shape index (κ2) is 53.1. The van der Waals surface area contributed by atoms with Crippen molar-refractivity contribution < 1.29 is 72.7 Å². The van der Waals surface area contributed by atoms with E-state index >= 15 is 0 Å². The van der Waals surface area contributed by atoms with Crippen LogP contribution in [0.4, 0.5) is 0 Å². The van der Waals surface area contributed by atoms with Crippen LogP contribution in [0, 0.1) is 0 Å². The van der Waals surface area contributed by atoms with Crippen LogP contribution in [-0.4, -0.2) is 89.2 Å². The quantitative estimate of drug-likeness (QED) is 0.0235. The Bertz CT molecular complexity index is 1240. The number of carboxylic acid groups (broad SMARTS) is 3. The van der Waals surface area contributed by atoms with Crippen molar-refractivity contribution in [3.8, 4) is 0 Å². The number of aliphatic carboxylic acids is 3. The van der Waals surface area contributed by atoms with Gasteiger partial charge in [-0.2, -0.15) is 0 Å². The maximum Gasteiger partial charge on any atom is 3.00 e. The summed E-state index contributed by atoms with van der Waals surface area (Å²) in [6.07, 6.45) is 30.0. The number of rotatable bonds is 42. The standard InChI is InChI=1S/3C17H31NO5.Al/c3*1-2-3-4-5-6-7-8-9-10-11-16(21)23-17(22)14(18)12-13-15(19)20;/h3*14H,2-13,18H2,1H3,(H,19,20);/q;;;+3/p-3/t3*14-;/m000./s1. The van der Waals surface area contributed by atoms with Crippen LogP contribution in [0.3, 0.4) is 0 Å². The van der Waals surface area contributed by atoms with Crippen molar-refractivity contribution in [2.24, 2.45) is 17.2 Å². The molecule has 70 heavy (non-hydrogen) atoms. The Balaban J connectivity index is -0.000000463. The van der Waals surface area contributed by atoms with Gasteiger partial charge >= 0.3 is 53.2 Å². The molecule has 19 heteroatoms. The number of unbranched alkanes of at least 4 members (excludes halogenated alkanes) is 24. The fraction of sp³-hybridized carbons (Fsp3) is 0.824. The smallest absolute Gasteiger partial charge is 0.550 e. The molecule has 0 fully saturated rings. The van der Waals surface area contributed by atoms with E-state index in [4.69, 9.17) is 17.2 Å². The Morgan fingerprint density at radius 3 is 0.657 bits per heavy atom. The normalized spacial score (nSPS) is 11.7. The van der Waals surface area contributed by atoms with Crippen molar-refractivity contribution in [2.45, 2.75) is 270 Å². The molecule has 0 aliphatic carbocycles. The molecular weight excluding hydrogens is 922 g/mol. The maximum absolute atomic E-state index is 11.5. The van der Waals surface area contributed by atoms with Gasteiger partial charge in [-0.25, -0.2) is 14.4 Å². The van der Waals surface area contributed by atoms with Crippen LogP contribution in [0.15, 0.2) is 0 Å². The average Bonchev–Trinajstić information content (AvgIpc) is 3.30. The van der Waals surface area contributed by atoms with Crippen molar-refractivity contribution >= 4 is 71.1 Å². The molecule has 0 heterocycles. The minimum Gasteiger partial charge on any atom is -0.550 e. The minimum atomic E-state index is -1.28. The van der Waals surface area contributed by atoms with Crippen LogP contribution >= 0.6 is 0 Å². The third-order valence-corrected chi connectivity index (χ3v) is 11.0. The van der Waals surface area contributed by atoms with E-state index in [0.29, 0.717) is 19.3 Å². The number of hydrogen-bond acceptors (Lipinski definition) is 18. The number of carboxylic acids is 3. The van der Waals surface area contributed by atoms with E-state index in [1.54, 1.807) is 0 Å². The van der Waals surface area contributed by atoms with E-state index in [2.05, 4.69) is 35.0 Å². The zero-order valence-corrected chi connectivity index (χ0v) is 44.3. The van der Waals surface area contributed by atoms with Crippen molar-refractivity contribution in [1.82, 2.24) is 0 Å². The Hall–Kier alpha value is -3.76. The molecule has 0 aliphatic heterocycles. The summed E-state index contributed by atoms with van der Waals surface area (Å²) in [5.74, 6) is -8.24. The van der Waals surface area contributed by atoms with Gasteiger partial charge in [-0.1, -0.05) is 175 Å². The monoisotopic (exact) mass is 1010 g/mol. The van der Waals surface area contributed by atoms with Gasteiger partial charge in [0.2, 0.25) is 0 Å². The van der Waals surface area contributed by atoms with E-state index in [9.17, 15) is 58.5 Å². The van der Waals surface area contributed by atoms with Crippen LogP contribution in [0.25, 0.3) is 0 Å². The van der Waals surface area contributed by atoms with E-state index in [1.165, 1.54) is 116 Å². The molecule has 0 aromatic carbocycles. The van der Waals surface area contributed by atoms with Gasteiger partial charge in [-0.05, 0) is 57.8 Å². The number of nitrogens with two attached hydrogens (primary N) is 3. The molecule has 18 nitrogen and oxygen atoms in total. The van der Waals surface area contributed by atoms with E-state index < -0.39 is 71.8 Å². The van der Waals surface area contributed by atoms with Gasteiger partial charge in [0.25, 0.3) is 0 Å². The fourth-order valence-electron chi connectivity index (χ4n) is 6.63. The number of carbonyl (C=O) groups excluding carboxylic acids is 9. The predicted octanol–water partition coefficient (Wildman–Crippen LogP) is 5.12. The molecule has 0 aromatic heterocycles. The summed E-state index contributed by atoms with van der Waals surface area (Å²) in [5, 5.41) is 30.8. The zero-order valence-electron chi connectivity index (χ0n) is 43.1. The molecule has 0 aliphatic rings. The molecule has 0 radical (unpaired) electrons. The van der Waals surface area contributed by atoms with Crippen LogP contribution in [-0.2, 0) is 57.4 Å². The predicted molar refractivity (Wildman–Crippen MR) is 261 cm³/mol. The summed E-state index contributed by atoms with van der Waals surface area (Å²) in [5.41, 5.74) is 16.3. The van der Waals surface area contributed by atoms with E-state index in [1.807, 2.05) is 0 Å². The van der Waals surface area contributed by atoms with Gasteiger partial charge in [-0.15, -0.1) is 0 Å². The summed E-state index contributed by atoms with van der Waals surface area (Å²) >= 11 is 0. The molecule has 0 bridgehead atoms. The van der Waals surface area contributed by atoms with Crippen molar-refractivity contribution in [3.63, 3.8) is 0 Å². The molecule has 0 aromatic rings. The molecule has 0 rings (SSSR count). The third kappa shape index (κ3) is 55.2. The molecule has 0 saturated carbocycles. The first-order valence-electron chi connectivity index (χ1n) is 26.0. The second-order valence-corrected chi connectivity index (χ2v) is 17.7. The fourth-order valence-corrected chi connectivity index (χ4v) is 6.63. The number of esters is 6. The Labute approximate surface area is 429 Å². The van der Waals surface area contributed by atoms with Crippen LogP contribution in [0.1, 0.15) is 252 Å². The molecule has 3 atom stereocenters. The Kier molecular flexibility index (Phi) is 55.2. The van der Waals surface area contributed by atoms with Crippen molar-refractivity contribution in [1.29, 1.82) is 0 Å². The molecular formula is C51H90AlN3O15. The molecule has 0 unspecified atom stereocenters. The molecule has 402 valence electrons. The maximum atomic E-state index is 11.5. The molecule has 0 spiro atoms. The number of carbonyl (C=O) groups is 9. The van der Waals surface area contributed by atoms with Crippen LogP contribution in [0.2, 0.25) is 0 Å². The Morgan fingerprint density at radius 2 is 0.486 bits per heavy atom. The van der Waals surface area contributed by atoms with E-state index in [0.717, 1.165) is 38.5 Å². The first-order valence-corrected chi connectivity index (χ1v) is 26.0. The first kappa shape index (κ1) is 72.8. The Morgan fingerprint density at radius 1 is 0.314 bits per heavy atom. The summed E-state index contributed by atoms with van der Waals surface area (Å²) in [4.78, 5) is 99.6. The zero-order chi connectivity index (χ0) is 52.5. The van der Waals surface area contributed by atoms with Crippen LogP contribution < -0.4 is 32.5 Å². The molecule has 0 amide bonds. The SMILES string of the molecule is CCCCCCCCCCCC(=O)OC(=O)[C@@H](N)CCC(=O)[O-].CCCCCCCCCCCC(=O)OC(=O)[C@@H](N)CCC(=O)[O-].CCCCCCCCCCCC(=O)OC(=O)[C@@H](N)CCC(=O)[O-].[Al+3]. The number of hydrogen-bond donors (Lipinski definition) is 3. The average molecular weight is 1010 g/mol. The summed E-state index contributed by atoms with van der Waals surface area (Å²) < 4.78 is 13.8. The van der Waals surface area contributed by atoms with Gasteiger partial charge in [-0.3, -0.25) is 14.4 Å². The topological polar surface area (TPSA) is 329 Å². The van der Waals surface area contributed by atoms with Gasteiger partial charge in [0, 0.05) is 37.2 Å². The molecule has 6 N–H and O–H groups in total. The van der Waals surface area contributed by atoms with Gasteiger partial charge in [0.1, 0.15) is 18.1 Å². The van der Waals surface area contributed by atoms with Gasteiger partial charge in [0.05, 0.1) is 0 Å². The second-order valence-electron chi connectivity index (χ2n) is 17.7. The first-order chi connectivity index (χ1) is 32.9. The van der Waals surface area contributed by atoms with Crippen molar-refractivity contribution in [2.75, 3.05) is 0 Å². The van der Waals surface area contributed by atoms with E-state index in [-0.39, 0.29) is 75.1 Å². The van der Waals surface area contributed by atoms with Gasteiger partial charge in [0.15, 0.2) is 0 Å². The molecule has 0 saturated heterocycles. The largest absolute Gasteiger partial charge is 3.00 e. The van der Waals surface area contributed by atoms with Crippen molar-refractivity contribution in [3.05, 3.63) is 0 Å². The summed E-state index contributed by atoms with van der Waals surface area (Å²) in [6.45, 7) is 6.58. The van der Waals surface area contributed by atoms with Gasteiger partial charge < -0.3 is 61.1 Å². The minimum absolute atomic E-state index is 0. The summed E-state index contributed by atoms with van der Waals surface area (Å²) in [6, 6.07) is -3.29. The van der Waals surface area contributed by atoms with Crippen LogP contribution in [0.5, 0.6) is 0 Å². The third-order valence-electron chi connectivity index (χ3n) is 11.0.